The van der Waals surface area contributed by atoms with Crippen molar-refractivity contribution in [3.05, 3.63) is 41.1 Å². The number of rotatable bonds is 0. The first kappa shape index (κ1) is 22.3. The molecule has 1 aromatic heterocycles. The number of hydrogen-bond acceptors (Lipinski definition) is 1. The molecule has 28 heavy (non-hydrogen) atoms. The standard InChI is InChI=1S/C20H20N2.3C2H6/c1-2-6-14-13-22-18-9-4-3-7-16(18)17-10-12-21-11-5-8-15(14)19(21)20(17)22;3*1-2/h3-4,7,9,13,15,19H,5,8,10-12H2,1H3;3*1-2H3. The average molecular weight is 379 g/mol. The van der Waals surface area contributed by atoms with Gasteiger partial charge in [-0.05, 0) is 44.4 Å². The molecule has 152 valence electrons. The number of aromatic nitrogens is 1. The van der Waals surface area contributed by atoms with Crippen LogP contribution in [0.4, 0.5) is 0 Å². The summed E-state index contributed by atoms with van der Waals surface area (Å²) in [6.45, 7) is 16.4. The van der Waals surface area contributed by atoms with Gasteiger partial charge in [-0.25, -0.2) is 0 Å². The molecule has 5 rings (SSSR count). The number of fused-ring (bicyclic) bond motifs is 3. The molecule has 2 nitrogen and oxygen atoms in total. The van der Waals surface area contributed by atoms with Crippen molar-refractivity contribution >= 4 is 17.1 Å². The minimum Gasteiger partial charge on any atom is -0.317 e. The molecule has 3 aliphatic heterocycles. The first-order valence-electron chi connectivity index (χ1n) is 11.4. The Bertz CT molecular complexity index is 860. The van der Waals surface area contributed by atoms with E-state index in [4.69, 9.17) is 0 Å². The van der Waals surface area contributed by atoms with Crippen molar-refractivity contribution in [3.63, 3.8) is 0 Å². The van der Waals surface area contributed by atoms with E-state index >= 15 is 0 Å². The summed E-state index contributed by atoms with van der Waals surface area (Å²) in [5, 5.41) is 1.45. The summed E-state index contributed by atoms with van der Waals surface area (Å²) < 4.78 is 2.45. The van der Waals surface area contributed by atoms with Crippen LogP contribution >= 0.6 is 0 Å². The van der Waals surface area contributed by atoms with Crippen molar-refractivity contribution in [2.75, 3.05) is 13.1 Å². The number of piperidine rings is 1. The Hall–Kier alpha value is -1.98. The van der Waals surface area contributed by atoms with Gasteiger partial charge in [-0.2, -0.15) is 0 Å². The SMILES string of the molecule is CC.CC.CC.CC#CC1=Cn2c3c(c4ccccc42)CCN2CCCC1C32. The largest absolute Gasteiger partial charge is 0.317 e. The van der Waals surface area contributed by atoms with Crippen LogP contribution in [-0.4, -0.2) is 22.6 Å². The van der Waals surface area contributed by atoms with E-state index in [9.17, 15) is 0 Å². The van der Waals surface area contributed by atoms with Crippen LogP contribution in [0.5, 0.6) is 0 Å². The van der Waals surface area contributed by atoms with Crippen LogP contribution < -0.4 is 0 Å². The second-order valence-corrected chi connectivity index (χ2v) is 6.69. The minimum absolute atomic E-state index is 0.547. The molecule has 0 N–H and O–H groups in total. The van der Waals surface area contributed by atoms with Crippen molar-refractivity contribution in [3.8, 4) is 11.8 Å². The maximum atomic E-state index is 3.41. The van der Waals surface area contributed by atoms with Gasteiger partial charge in [0.05, 0.1) is 11.6 Å². The van der Waals surface area contributed by atoms with Crippen LogP contribution in [0.1, 0.15) is 78.6 Å². The third kappa shape index (κ3) is 3.65. The fourth-order valence-corrected chi connectivity index (χ4v) is 4.84. The highest BCUT2D eigenvalue weighted by atomic mass is 15.2. The molecule has 0 spiro atoms. The Labute approximate surface area is 172 Å². The molecule has 0 aliphatic carbocycles. The number of hydrogen-bond donors (Lipinski definition) is 0. The predicted molar refractivity (Wildman–Crippen MR) is 124 cm³/mol. The van der Waals surface area contributed by atoms with Crippen LogP contribution in [0, 0.1) is 17.8 Å². The van der Waals surface area contributed by atoms with Crippen LogP contribution in [0.15, 0.2) is 29.8 Å². The topological polar surface area (TPSA) is 8.17 Å². The van der Waals surface area contributed by atoms with E-state index in [-0.39, 0.29) is 0 Å². The molecule has 3 aliphatic rings. The third-order valence-corrected chi connectivity index (χ3v) is 5.66. The zero-order valence-electron chi connectivity index (χ0n) is 19.0. The molecule has 1 fully saturated rings. The summed E-state index contributed by atoms with van der Waals surface area (Å²) in [5.41, 5.74) is 5.83. The van der Waals surface area contributed by atoms with Gasteiger partial charge in [-0.15, -0.1) is 5.92 Å². The Morgan fingerprint density at radius 1 is 0.964 bits per heavy atom. The Kier molecular flexibility index (Phi) is 8.39. The van der Waals surface area contributed by atoms with E-state index < -0.39 is 0 Å². The quantitative estimate of drug-likeness (QED) is 0.452. The maximum absolute atomic E-state index is 3.41. The molecule has 2 unspecified atom stereocenters. The van der Waals surface area contributed by atoms with Gasteiger partial charge in [-0.3, -0.25) is 4.90 Å². The molecule has 0 amide bonds. The van der Waals surface area contributed by atoms with Crippen molar-refractivity contribution in [2.24, 2.45) is 5.92 Å². The monoisotopic (exact) mass is 378 g/mol. The zero-order chi connectivity index (χ0) is 20.7. The normalized spacial score (nSPS) is 21.2. The van der Waals surface area contributed by atoms with Crippen molar-refractivity contribution in [1.82, 2.24) is 9.47 Å². The predicted octanol–water partition coefficient (Wildman–Crippen LogP) is 6.91. The summed E-state index contributed by atoms with van der Waals surface area (Å²) >= 11 is 0. The summed E-state index contributed by atoms with van der Waals surface area (Å²) in [6, 6.07) is 9.43. The lowest BCUT2D eigenvalue weighted by Crippen LogP contribution is -2.45. The molecule has 2 aromatic rings. The fourth-order valence-electron chi connectivity index (χ4n) is 4.84. The average Bonchev–Trinajstić information content (AvgIpc) is 3.12. The van der Waals surface area contributed by atoms with Gasteiger partial charge in [0.1, 0.15) is 0 Å². The van der Waals surface area contributed by atoms with Gasteiger partial charge in [-0.1, -0.05) is 65.7 Å². The van der Waals surface area contributed by atoms with E-state index in [1.807, 2.05) is 48.5 Å². The molecule has 0 saturated carbocycles. The summed E-state index contributed by atoms with van der Waals surface area (Å²) in [6.07, 6.45) is 6.10. The Morgan fingerprint density at radius 3 is 2.39 bits per heavy atom. The van der Waals surface area contributed by atoms with Gasteiger partial charge < -0.3 is 4.57 Å². The molecule has 1 aromatic carbocycles. The first-order chi connectivity index (χ1) is 13.9. The van der Waals surface area contributed by atoms with E-state index in [0.717, 1.165) is 0 Å². The third-order valence-electron chi connectivity index (χ3n) is 5.66. The van der Waals surface area contributed by atoms with E-state index in [2.05, 4.69) is 51.8 Å². The fraction of sp³-hybridized carbons (Fsp3) is 0.538. The summed E-state index contributed by atoms with van der Waals surface area (Å²) in [7, 11) is 0. The first-order valence-corrected chi connectivity index (χ1v) is 11.4. The highest BCUT2D eigenvalue weighted by molar-refractivity contribution is 5.89. The van der Waals surface area contributed by atoms with E-state index in [1.165, 1.54) is 48.8 Å². The van der Waals surface area contributed by atoms with Gasteiger partial charge in [0.15, 0.2) is 0 Å². The lowest BCUT2D eigenvalue weighted by Gasteiger charge is -2.46. The molecule has 1 saturated heterocycles. The molecule has 2 atom stereocenters. The second-order valence-electron chi connectivity index (χ2n) is 6.69. The van der Waals surface area contributed by atoms with Gasteiger partial charge in [0.2, 0.25) is 0 Å². The molecule has 0 bridgehead atoms. The lowest BCUT2D eigenvalue weighted by molar-refractivity contribution is 0.0950. The second kappa shape index (κ2) is 10.5. The molecular formula is C26H38N2. The lowest BCUT2D eigenvalue weighted by atomic mass is 9.77. The van der Waals surface area contributed by atoms with E-state index in [0.29, 0.717) is 12.0 Å². The smallest absolute Gasteiger partial charge is 0.0583 e. The number of para-hydroxylation sites is 1. The summed E-state index contributed by atoms with van der Waals surface area (Å²) in [5.74, 6) is 7.14. The van der Waals surface area contributed by atoms with Gasteiger partial charge in [0.25, 0.3) is 0 Å². The van der Waals surface area contributed by atoms with Crippen LogP contribution in [-0.2, 0) is 6.42 Å². The van der Waals surface area contributed by atoms with Crippen LogP contribution in [0.25, 0.3) is 17.1 Å². The highest BCUT2D eigenvalue weighted by Crippen LogP contribution is 2.49. The molecule has 2 heteroatoms. The van der Waals surface area contributed by atoms with Crippen molar-refractivity contribution in [1.29, 1.82) is 0 Å². The minimum atomic E-state index is 0.547. The van der Waals surface area contributed by atoms with Crippen molar-refractivity contribution in [2.45, 2.75) is 73.8 Å². The zero-order valence-corrected chi connectivity index (χ0v) is 19.0. The van der Waals surface area contributed by atoms with Crippen LogP contribution in [0.2, 0.25) is 0 Å². The van der Waals surface area contributed by atoms with E-state index in [1.54, 1.807) is 11.3 Å². The Balaban J connectivity index is 0.000000430. The Morgan fingerprint density at radius 2 is 1.68 bits per heavy atom. The molecular weight excluding hydrogens is 340 g/mol. The van der Waals surface area contributed by atoms with Gasteiger partial charge in [0, 0.05) is 35.3 Å². The molecule has 0 radical (unpaired) electrons. The van der Waals surface area contributed by atoms with Crippen LogP contribution in [0.3, 0.4) is 0 Å². The van der Waals surface area contributed by atoms with Gasteiger partial charge >= 0.3 is 0 Å². The van der Waals surface area contributed by atoms with Crippen molar-refractivity contribution < 1.29 is 0 Å². The number of nitrogens with zero attached hydrogens (tertiary/aromatic N) is 2. The number of benzene rings is 1. The molecule has 4 heterocycles. The highest BCUT2D eigenvalue weighted by Gasteiger charge is 2.42. The maximum Gasteiger partial charge on any atom is 0.0583 e. The summed E-state index contributed by atoms with van der Waals surface area (Å²) in [4.78, 5) is 2.70.